The van der Waals surface area contributed by atoms with Crippen LogP contribution in [-0.2, 0) is 19.1 Å². The number of ether oxygens (including phenoxy) is 1. The van der Waals surface area contributed by atoms with Crippen molar-refractivity contribution in [3.63, 3.8) is 0 Å². The highest BCUT2D eigenvalue weighted by atomic mass is 79.9. The topological polar surface area (TPSA) is 92.8 Å². The number of anilines is 2. The summed E-state index contributed by atoms with van der Waals surface area (Å²) in [4.78, 5) is 52.6. The van der Waals surface area contributed by atoms with Crippen LogP contribution in [0.3, 0.4) is 0 Å². The highest BCUT2D eigenvalue weighted by Crippen LogP contribution is 2.45. The van der Waals surface area contributed by atoms with E-state index in [4.69, 9.17) is 4.74 Å². The van der Waals surface area contributed by atoms with Gasteiger partial charge in [-0.3, -0.25) is 19.3 Å². The van der Waals surface area contributed by atoms with Crippen LogP contribution in [0.25, 0.3) is 0 Å². The lowest BCUT2D eigenvalue weighted by atomic mass is 9.73. The number of imide groups is 1. The molecular formula is C31H29BrN2O5. The first kappa shape index (κ1) is 26.8. The van der Waals surface area contributed by atoms with Crippen LogP contribution in [0.2, 0.25) is 0 Å². The van der Waals surface area contributed by atoms with Crippen molar-refractivity contribution in [1.29, 1.82) is 0 Å². The number of fused-ring (bicyclic) bond motifs is 1. The van der Waals surface area contributed by atoms with Gasteiger partial charge in [-0.2, -0.15) is 0 Å². The molecule has 0 bridgehead atoms. The monoisotopic (exact) mass is 588 g/mol. The van der Waals surface area contributed by atoms with Crippen molar-refractivity contribution in [2.24, 2.45) is 11.8 Å². The Labute approximate surface area is 235 Å². The van der Waals surface area contributed by atoms with E-state index < -0.39 is 18.5 Å². The van der Waals surface area contributed by atoms with Crippen LogP contribution in [0.4, 0.5) is 11.4 Å². The number of benzene rings is 3. The number of carbonyl (C=O) groups is 4. The van der Waals surface area contributed by atoms with Gasteiger partial charge in [-0.1, -0.05) is 46.3 Å². The third-order valence-electron chi connectivity index (χ3n) is 7.89. The van der Waals surface area contributed by atoms with E-state index in [0.717, 1.165) is 22.0 Å². The number of carbonyl (C=O) groups excluding carboxylic acids is 4. The van der Waals surface area contributed by atoms with Crippen molar-refractivity contribution in [3.05, 3.63) is 93.5 Å². The lowest BCUT2D eigenvalue weighted by Gasteiger charge is -2.28. The van der Waals surface area contributed by atoms with E-state index >= 15 is 0 Å². The summed E-state index contributed by atoms with van der Waals surface area (Å²) in [5.41, 5.74) is 4.44. The van der Waals surface area contributed by atoms with Crippen LogP contribution in [0.15, 0.2) is 71.2 Å². The Kier molecular flexibility index (Phi) is 7.66. The fraction of sp³-hybridized carbons (Fsp3) is 0.290. The van der Waals surface area contributed by atoms with E-state index in [1.807, 2.05) is 38.1 Å². The zero-order valence-electron chi connectivity index (χ0n) is 21.8. The second kappa shape index (κ2) is 11.1. The smallest absolute Gasteiger partial charge is 0.338 e. The molecule has 1 saturated heterocycles. The fourth-order valence-electron chi connectivity index (χ4n) is 5.53. The summed E-state index contributed by atoms with van der Waals surface area (Å²) in [6.07, 6.45) is 2.20. The molecule has 7 nitrogen and oxygen atoms in total. The zero-order chi connectivity index (χ0) is 27.7. The van der Waals surface area contributed by atoms with Gasteiger partial charge in [0.2, 0.25) is 11.8 Å². The highest BCUT2D eigenvalue weighted by molar-refractivity contribution is 9.10. The molecule has 1 saturated carbocycles. The van der Waals surface area contributed by atoms with Gasteiger partial charge in [0.15, 0.2) is 6.61 Å². The van der Waals surface area contributed by atoms with E-state index in [2.05, 4.69) is 33.4 Å². The van der Waals surface area contributed by atoms with Gasteiger partial charge in [-0.15, -0.1) is 0 Å². The Balaban J connectivity index is 1.20. The molecule has 1 aliphatic carbocycles. The summed E-state index contributed by atoms with van der Waals surface area (Å²) in [6.45, 7) is 3.40. The molecule has 0 spiro atoms. The van der Waals surface area contributed by atoms with Gasteiger partial charge >= 0.3 is 5.97 Å². The van der Waals surface area contributed by atoms with Gasteiger partial charge in [-0.05, 0) is 92.1 Å². The maximum absolute atomic E-state index is 13.3. The number of esters is 1. The van der Waals surface area contributed by atoms with Gasteiger partial charge in [0.1, 0.15) is 0 Å². The minimum Gasteiger partial charge on any atom is -0.452 e. The second-order valence-corrected chi connectivity index (χ2v) is 11.0. The van der Waals surface area contributed by atoms with E-state index in [1.54, 1.807) is 18.2 Å². The number of hydrogen-bond acceptors (Lipinski definition) is 5. The number of nitrogens with one attached hydrogen (secondary N) is 1. The molecule has 2 fully saturated rings. The molecule has 3 atom stereocenters. The second-order valence-electron chi connectivity index (χ2n) is 10.2. The molecule has 0 aromatic heterocycles. The number of hydrogen-bond donors (Lipinski definition) is 1. The van der Waals surface area contributed by atoms with Gasteiger partial charge in [0, 0.05) is 10.2 Å². The summed E-state index contributed by atoms with van der Waals surface area (Å²) in [6, 6.07) is 19.9. The molecule has 39 heavy (non-hydrogen) atoms. The van der Waals surface area contributed by atoms with Crippen LogP contribution in [0.5, 0.6) is 0 Å². The summed E-state index contributed by atoms with van der Waals surface area (Å²) in [7, 11) is 0. The van der Waals surface area contributed by atoms with E-state index in [0.29, 0.717) is 24.2 Å². The predicted molar refractivity (Wildman–Crippen MR) is 151 cm³/mol. The molecule has 3 aromatic carbocycles. The van der Waals surface area contributed by atoms with Crippen LogP contribution < -0.4 is 10.2 Å². The Morgan fingerprint density at radius 3 is 2.31 bits per heavy atom. The molecule has 5 rings (SSSR count). The van der Waals surface area contributed by atoms with Gasteiger partial charge in [0.25, 0.3) is 5.91 Å². The van der Waals surface area contributed by atoms with E-state index in [9.17, 15) is 19.2 Å². The standard InChI is InChI=1S/C31H29BrN2O5/c1-18-19(2)27(15-14-26(18)32)33-28(35)17-39-31(38)21-8-11-23(12-9-21)34-29(36)24-13-10-22(16-25(24)30(34)37)20-6-4-3-5-7-20/h3-9,11-12,14-15,22,24-25H,10,13,16-17H2,1-2H3,(H,33,35)/t22-,24+,25+/m0/s1. The van der Waals surface area contributed by atoms with Crippen LogP contribution in [0.1, 0.15) is 52.2 Å². The average molecular weight is 589 g/mol. The van der Waals surface area contributed by atoms with Gasteiger partial charge < -0.3 is 10.1 Å². The molecule has 3 amide bonds. The maximum atomic E-state index is 13.3. The largest absolute Gasteiger partial charge is 0.452 e. The van der Waals surface area contributed by atoms with Crippen molar-refractivity contribution in [2.75, 3.05) is 16.8 Å². The Morgan fingerprint density at radius 1 is 0.897 bits per heavy atom. The quantitative estimate of drug-likeness (QED) is 0.284. The van der Waals surface area contributed by atoms with Gasteiger partial charge in [0.05, 0.1) is 23.1 Å². The van der Waals surface area contributed by atoms with E-state index in [1.165, 1.54) is 22.6 Å². The van der Waals surface area contributed by atoms with Crippen LogP contribution in [0, 0.1) is 25.7 Å². The third-order valence-corrected chi connectivity index (χ3v) is 8.75. The molecule has 8 heteroatoms. The van der Waals surface area contributed by atoms with Crippen LogP contribution in [-0.4, -0.2) is 30.3 Å². The van der Waals surface area contributed by atoms with Crippen molar-refractivity contribution >= 4 is 51.0 Å². The maximum Gasteiger partial charge on any atom is 0.338 e. The van der Waals surface area contributed by atoms with Crippen molar-refractivity contribution in [2.45, 2.75) is 39.0 Å². The highest BCUT2D eigenvalue weighted by Gasteiger charge is 2.50. The lowest BCUT2D eigenvalue weighted by molar-refractivity contribution is -0.122. The summed E-state index contributed by atoms with van der Waals surface area (Å²) in [5, 5.41) is 2.76. The normalized spacial score (nSPS) is 20.5. The first-order valence-corrected chi connectivity index (χ1v) is 13.8. The van der Waals surface area contributed by atoms with Gasteiger partial charge in [-0.25, -0.2) is 4.79 Å². The number of nitrogens with zero attached hydrogens (tertiary/aromatic N) is 1. The Hall–Kier alpha value is -3.78. The lowest BCUT2D eigenvalue weighted by Crippen LogP contribution is -2.30. The summed E-state index contributed by atoms with van der Waals surface area (Å²) in [5.74, 6) is -1.86. The fourth-order valence-corrected chi connectivity index (χ4v) is 5.96. The van der Waals surface area contributed by atoms with E-state index in [-0.39, 0.29) is 35.1 Å². The first-order valence-electron chi connectivity index (χ1n) is 13.0. The average Bonchev–Trinajstić information content (AvgIpc) is 3.21. The van der Waals surface area contributed by atoms with Crippen molar-refractivity contribution < 1.29 is 23.9 Å². The minimum absolute atomic E-state index is 0.179. The zero-order valence-corrected chi connectivity index (χ0v) is 23.4. The minimum atomic E-state index is -0.668. The SMILES string of the molecule is Cc1c(Br)ccc(NC(=O)COC(=O)c2ccc(N3C(=O)[C@@H]4CC[C@H](c5ccccc5)C[C@H]4C3=O)cc2)c1C. The molecule has 3 aromatic rings. The molecule has 200 valence electrons. The molecule has 2 aliphatic rings. The van der Waals surface area contributed by atoms with Crippen molar-refractivity contribution in [1.82, 2.24) is 0 Å². The predicted octanol–water partition coefficient (Wildman–Crippen LogP) is 5.93. The molecule has 1 N–H and O–H groups in total. The molecule has 1 heterocycles. The Morgan fingerprint density at radius 2 is 1.59 bits per heavy atom. The molecular weight excluding hydrogens is 560 g/mol. The molecule has 0 radical (unpaired) electrons. The molecule has 1 aliphatic heterocycles. The van der Waals surface area contributed by atoms with Crippen LogP contribution >= 0.6 is 15.9 Å². The third kappa shape index (κ3) is 5.39. The first-order chi connectivity index (χ1) is 18.7. The molecule has 0 unspecified atom stereocenters. The number of halogens is 1. The van der Waals surface area contributed by atoms with Crippen molar-refractivity contribution in [3.8, 4) is 0 Å². The number of amides is 3. The summed E-state index contributed by atoms with van der Waals surface area (Å²) < 4.78 is 6.13. The number of rotatable bonds is 6. The Bertz CT molecular complexity index is 1440. The summed E-state index contributed by atoms with van der Waals surface area (Å²) >= 11 is 3.46.